The Balaban J connectivity index is -0.000000149. The summed E-state index contributed by atoms with van der Waals surface area (Å²) in [5.41, 5.74) is 0. The molecule has 0 fully saturated rings. The van der Waals surface area contributed by atoms with Crippen molar-refractivity contribution < 1.29 is 5.11 Å². The van der Waals surface area contributed by atoms with Gasteiger partial charge in [-0.2, -0.15) is 0 Å². The van der Waals surface area contributed by atoms with Crippen LogP contribution in [-0.2, 0) is 0 Å². The van der Waals surface area contributed by atoms with Crippen LogP contribution >= 0.6 is 0 Å². The first-order chi connectivity index (χ1) is 4.35. The van der Waals surface area contributed by atoms with Gasteiger partial charge in [0.1, 0.15) is 0 Å². The van der Waals surface area contributed by atoms with Crippen LogP contribution in [0.3, 0.4) is 0 Å². The van der Waals surface area contributed by atoms with Crippen molar-refractivity contribution in [3.8, 4) is 0 Å². The molecule has 0 saturated carbocycles. The molecule has 0 aromatic heterocycles. The van der Waals surface area contributed by atoms with E-state index in [0.29, 0.717) is 0 Å². The first-order valence-corrected chi connectivity index (χ1v) is 3.52. The van der Waals surface area contributed by atoms with Gasteiger partial charge < -0.3 is 10.0 Å². The molecular formula is C7H19KNO. The van der Waals surface area contributed by atoms with E-state index in [1.54, 1.807) is 0 Å². The summed E-state index contributed by atoms with van der Waals surface area (Å²) in [4.78, 5) is 2.38. The summed E-state index contributed by atoms with van der Waals surface area (Å²) in [5.74, 6) is 0. The molecule has 0 heterocycles. The van der Waals surface area contributed by atoms with Gasteiger partial charge in [0.2, 0.25) is 0 Å². The molecule has 1 radical (unpaired) electrons. The zero-order chi connectivity index (χ0) is 7.70. The van der Waals surface area contributed by atoms with Crippen LogP contribution in [0.5, 0.6) is 0 Å². The van der Waals surface area contributed by atoms with Crippen molar-refractivity contribution in [2.24, 2.45) is 0 Å². The molecule has 0 bridgehead atoms. The standard InChI is InChI=1S/C6H15N.CH4O.K/c1-4-7(5-2)6-3;1-2;/h4-6H2,1-3H3;2H,1H3;. The Labute approximate surface area is 107 Å². The van der Waals surface area contributed by atoms with Crippen molar-refractivity contribution in [3.63, 3.8) is 0 Å². The van der Waals surface area contributed by atoms with Crippen LogP contribution in [0.25, 0.3) is 0 Å². The van der Waals surface area contributed by atoms with Crippen LogP contribution in [0.1, 0.15) is 20.8 Å². The molecule has 1 N–H and O–H groups in total. The second kappa shape index (κ2) is 16.9. The van der Waals surface area contributed by atoms with Gasteiger partial charge in [-0.05, 0) is 19.6 Å². The Hall–Kier alpha value is 1.56. The molecule has 0 spiro atoms. The van der Waals surface area contributed by atoms with E-state index < -0.39 is 0 Å². The van der Waals surface area contributed by atoms with Gasteiger partial charge >= 0.3 is 0 Å². The molecular weight excluding hydrogens is 153 g/mol. The van der Waals surface area contributed by atoms with Crippen molar-refractivity contribution >= 4 is 51.4 Å². The first-order valence-electron chi connectivity index (χ1n) is 3.52. The van der Waals surface area contributed by atoms with E-state index in [-0.39, 0.29) is 51.4 Å². The van der Waals surface area contributed by atoms with Crippen molar-refractivity contribution in [2.75, 3.05) is 26.7 Å². The Morgan fingerprint density at radius 1 is 0.900 bits per heavy atom. The molecule has 10 heavy (non-hydrogen) atoms. The van der Waals surface area contributed by atoms with Gasteiger partial charge in [0.25, 0.3) is 0 Å². The SMILES string of the molecule is CCN(CC)CC.CO.[K]. The van der Waals surface area contributed by atoms with Crippen LogP contribution in [-0.4, -0.2) is 88.1 Å². The van der Waals surface area contributed by atoms with E-state index in [1.165, 1.54) is 19.6 Å². The van der Waals surface area contributed by atoms with E-state index in [0.717, 1.165) is 7.11 Å². The molecule has 0 aliphatic carbocycles. The first kappa shape index (κ1) is 17.6. The molecule has 0 aromatic rings. The fourth-order valence-corrected chi connectivity index (χ4v) is 0.671. The Morgan fingerprint density at radius 2 is 1.10 bits per heavy atom. The second-order valence-corrected chi connectivity index (χ2v) is 1.62. The third-order valence-electron chi connectivity index (χ3n) is 1.34. The number of hydrogen-bond donors (Lipinski definition) is 1. The van der Waals surface area contributed by atoms with E-state index in [4.69, 9.17) is 5.11 Å². The van der Waals surface area contributed by atoms with Crippen molar-refractivity contribution in [2.45, 2.75) is 20.8 Å². The van der Waals surface area contributed by atoms with Crippen molar-refractivity contribution in [1.29, 1.82) is 0 Å². The monoisotopic (exact) mass is 172 g/mol. The van der Waals surface area contributed by atoms with Gasteiger partial charge in [-0.25, -0.2) is 0 Å². The van der Waals surface area contributed by atoms with Crippen LogP contribution < -0.4 is 0 Å². The Morgan fingerprint density at radius 3 is 1.10 bits per heavy atom. The van der Waals surface area contributed by atoms with Gasteiger partial charge in [-0.3, -0.25) is 0 Å². The molecule has 3 heteroatoms. The van der Waals surface area contributed by atoms with E-state index in [1.807, 2.05) is 0 Å². The summed E-state index contributed by atoms with van der Waals surface area (Å²) in [6, 6.07) is 0. The zero-order valence-corrected chi connectivity index (χ0v) is 11.1. The second-order valence-electron chi connectivity index (χ2n) is 1.62. The number of hydrogen-bond acceptors (Lipinski definition) is 2. The maximum Gasteiger partial charge on any atom is 0.0319 e. The molecule has 0 aromatic carbocycles. The summed E-state index contributed by atoms with van der Waals surface area (Å²) in [6.07, 6.45) is 0. The van der Waals surface area contributed by atoms with Crippen LogP contribution in [0.15, 0.2) is 0 Å². The molecule has 0 aliphatic heterocycles. The predicted molar refractivity (Wildman–Crippen MR) is 47.4 cm³/mol. The van der Waals surface area contributed by atoms with E-state index in [2.05, 4.69) is 25.7 Å². The third-order valence-corrected chi connectivity index (χ3v) is 1.34. The minimum atomic E-state index is 0. The molecule has 2 nitrogen and oxygen atoms in total. The molecule has 0 amide bonds. The molecule has 0 rings (SSSR count). The van der Waals surface area contributed by atoms with Gasteiger partial charge in [0, 0.05) is 58.5 Å². The average molecular weight is 172 g/mol. The summed E-state index contributed by atoms with van der Waals surface area (Å²) in [5, 5.41) is 7.00. The molecule has 0 saturated heterocycles. The largest absolute Gasteiger partial charge is 0.400 e. The van der Waals surface area contributed by atoms with E-state index in [9.17, 15) is 0 Å². The zero-order valence-electron chi connectivity index (χ0n) is 8.02. The topological polar surface area (TPSA) is 23.5 Å². The molecule has 0 atom stereocenters. The normalized spacial score (nSPS) is 7.80. The Bertz CT molecular complexity index is 35.1. The minimum Gasteiger partial charge on any atom is -0.400 e. The average Bonchev–Trinajstić information content (AvgIpc) is 1.96. The molecule has 59 valence electrons. The minimum absolute atomic E-state index is 0. The third kappa shape index (κ3) is 12.3. The Kier molecular flexibility index (Phi) is 29.7. The molecule has 0 aliphatic rings. The van der Waals surface area contributed by atoms with Gasteiger partial charge in [-0.15, -0.1) is 0 Å². The summed E-state index contributed by atoms with van der Waals surface area (Å²) < 4.78 is 0. The molecule has 0 unspecified atom stereocenters. The van der Waals surface area contributed by atoms with Gasteiger partial charge in [0.15, 0.2) is 0 Å². The fraction of sp³-hybridized carbons (Fsp3) is 1.00. The van der Waals surface area contributed by atoms with Gasteiger partial charge in [-0.1, -0.05) is 20.8 Å². The summed E-state index contributed by atoms with van der Waals surface area (Å²) in [7, 11) is 1.00. The van der Waals surface area contributed by atoms with Crippen LogP contribution in [0, 0.1) is 0 Å². The number of nitrogens with zero attached hydrogens (tertiary/aromatic N) is 1. The number of aliphatic hydroxyl groups is 1. The number of aliphatic hydroxyl groups excluding tert-OH is 1. The van der Waals surface area contributed by atoms with E-state index >= 15 is 0 Å². The maximum absolute atomic E-state index is 7.00. The summed E-state index contributed by atoms with van der Waals surface area (Å²) in [6.45, 7) is 10.1. The predicted octanol–water partition coefficient (Wildman–Crippen LogP) is 0.576. The van der Waals surface area contributed by atoms with Crippen LogP contribution in [0.4, 0.5) is 0 Å². The van der Waals surface area contributed by atoms with Crippen molar-refractivity contribution in [1.82, 2.24) is 4.90 Å². The van der Waals surface area contributed by atoms with Crippen LogP contribution in [0.2, 0.25) is 0 Å². The fourth-order valence-electron chi connectivity index (χ4n) is 0.671. The number of rotatable bonds is 3. The van der Waals surface area contributed by atoms with Crippen molar-refractivity contribution in [3.05, 3.63) is 0 Å². The van der Waals surface area contributed by atoms with Gasteiger partial charge in [0.05, 0.1) is 0 Å². The quantitative estimate of drug-likeness (QED) is 0.629. The smallest absolute Gasteiger partial charge is 0.0319 e. The summed E-state index contributed by atoms with van der Waals surface area (Å²) >= 11 is 0. The maximum atomic E-state index is 7.00.